The van der Waals surface area contributed by atoms with Gasteiger partial charge >= 0.3 is 6.18 Å². The molecule has 2 aromatic rings. The largest absolute Gasteiger partial charge is 0.417 e. The second-order valence-corrected chi connectivity index (χ2v) is 7.71. The number of hydrogen-bond acceptors (Lipinski definition) is 4. The third-order valence-electron chi connectivity index (χ3n) is 5.73. The minimum Gasteiger partial charge on any atom is -0.357 e. The Morgan fingerprint density at radius 3 is 2.41 bits per heavy atom. The van der Waals surface area contributed by atoms with Crippen LogP contribution in [0.1, 0.15) is 32.6 Å². The molecule has 1 aliphatic heterocycles. The number of aryl methyl sites for hydroxylation is 2. The summed E-state index contributed by atoms with van der Waals surface area (Å²) < 4.78 is 40.3. The number of nitriles is 1. The van der Waals surface area contributed by atoms with Crippen LogP contribution in [0.15, 0.2) is 36.4 Å². The number of likely N-dealkylation sites (N-methyl/N-ethyl adjacent to an activating group) is 1. The van der Waals surface area contributed by atoms with Gasteiger partial charge in [-0.15, -0.1) is 0 Å². The lowest BCUT2D eigenvalue weighted by Crippen LogP contribution is -2.60. The highest BCUT2D eigenvalue weighted by molar-refractivity contribution is 5.96. The zero-order chi connectivity index (χ0) is 23.6. The number of nitrogens with zero attached hydrogens (tertiary/aromatic N) is 3. The molecule has 6 nitrogen and oxygen atoms in total. The summed E-state index contributed by atoms with van der Waals surface area (Å²) in [5, 5.41) is 11.6. The molecule has 1 N–H and O–H groups in total. The van der Waals surface area contributed by atoms with E-state index in [1.807, 2.05) is 19.9 Å². The number of amides is 2. The zero-order valence-corrected chi connectivity index (χ0v) is 18.0. The predicted molar refractivity (Wildman–Crippen MR) is 113 cm³/mol. The van der Waals surface area contributed by atoms with Gasteiger partial charge in [0.1, 0.15) is 6.04 Å². The lowest BCUT2D eigenvalue weighted by molar-refractivity contribution is -0.137. The first kappa shape index (κ1) is 23.1. The van der Waals surface area contributed by atoms with Crippen molar-refractivity contribution >= 4 is 17.5 Å². The molecule has 1 heterocycles. The molecule has 1 unspecified atom stereocenters. The third kappa shape index (κ3) is 4.54. The summed E-state index contributed by atoms with van der Waals surface area (Å²) in [6.07, 6.45) is -4.70. The van der Waals surface area contributed by atoms with Gasteiger partial charge in [-0.1, -0.05) is 6.07 Å². The van der Waals surface area contributed by atoms with Crippen molar-refractivity contribution in [1.29, 1.82) is 5.26 Å². The fourth-order valence-electron chi connectivity index (χ4n) is 3.77. The minimum absolute atomic E-state index is 0.0206. The molecule has 2 amide bonds. The van der Waals surface area contributed by atoms with E-state index in [0.717, 1.165) is 23.3 Å². The number of halogens is 3. The van der Waals surface area contributed by atoms with Crippen molar-refractivity contribution in [3.05, 3.63) is 64.2 Å². The number of nitrogens with one attached hydrogen (secondary N) is 1. The second-order valence-electron chi connectivity index (χ2n) is 7.71. The van der Waals surface area contributed by atoms with E-state index >= 15 is 0 Å². The first-order valence-electron chi connectivity index (χ1n) is 10.0. The number of carbonyl (C=O) groups is 2. The molecule has 1 saturated heterocycles. The Bertz CT molecular complexity index is 1090. The van der Waals surface area contributed by atoms with Gasteiger partial charge in [0.2, 0.25) is 5.91 Å². The first-order chi connectivity index (χ1) is 15.1. The smallest absolute Gasteiger partial charge is 0.357 e. The number of alkyl halides is 3. The minimum atomic E-state index is -4.70. The molecule has 1 atom stereocenters. The number of anilines is 1. The van der Waals surface area contributed by atoms with Crippen LogP contribution in [-0.4, -0.2) is 49.4 Å². The van der Waals surface area contributed by atoms with Gasteiger partial charge in [-0.25, -0.2) is 0 Å². The van der Waals surface area contributed by atoms with Crippen molar-refractivity contribution in [1.82, 2.24) is 10.2 Å². The van der Waals surface area contributed by atoms with Gasteiger partial charge in [-0.3, -0.25) is 9.59 Å². The summed E-state index contributed by atoms with van der Waals surface area (Å²) in [6, 6.07) is 9.42. The number of rotatable bonds is 3. The highest BCUT2D eigenvalue weighted by atomic mass is 19.4. The highest BCUT2D eigenvalue weighted by Gasteiger charge is 2.37. The summed E-state index contributed by atoms with van der Waals surface area (Å²) in [6.45, 7) is 4.27. The van der Waals surface area contributed by atoms with Gasteiger partial charge in [0.15, 0.2) is 0 Å². The molecule has 3 rings (SSSR count). The lowest BCUT2D eigenvalue weighted by Gasteiger charge is -2.42. The average molecular weight is 444 g/mol. The van der Waals surface area contributed by atoms with Gasteiger partial charge in [0.05, 0.1) is 23.7 Å². The van der Waals surface area contributed by atoms with Crippen LogP contribution in [0.5, 0.6) is 0 Å². The van der Waals surface area contributed by atoms with Crippen molar-refractivity contribution in [2.75, 3.05) is 31.6 Å². The van der Waals surface area contributed by atoms with Crippen LogP contribution < -0.4 is 10.2 Å². The van der Waals surface area contributed by atoms with E-state index in [-0.39, 0.29) is 31.2 Å². The molecule has 0 aliphatic carbocycles. The summed E-state index contributed by atoms with van der Waals surface area (Å²) in [7, 11) is 1.44. The Balaban J connectivity index is 1.92. The summed E-state index contributed by atoms with van der Waals surface area (Å²) in [5.41, 5.74) is 1.15. The quantitative estimate of drug-likeness (QED) is 0.789. The normalized spacial score (nSPS) is 16.5. The molecule has 1 fully saturated rings. The van der Waals surface area contributed by atoms with Crippen LogP contribution in [0.2, 0.25) is 0 Å². The molecular formula is C23H23F3N4O2. The van der Waals surface area contributed by atoms with Crippen molar-refractivity contribution in [2.24, 2.45) is 0 Å². The Kier molecular flexibility index (Phi) is 6.44. The second kappa shape index (κ2) is 8.91. The zero-order valence-electron chi connectivity index (χ0n) is 18.0. The van der Waals surface area contributed by atoms with Crippen molar-refractivity contribution in [3.63, 3.8) is 0 Å². The molecule has 32 heavy (non-hydrogen) atoms. The molecule has 0 bridgehead atoms. The topological polar surface area (TPSA) is 76.4 Å². The predicted octanol–water partition coefficient (Wildman–Crippen LogP) is 3.27. The molecular weight excluding hydrogens is 421 g/mol. The van der Waals surface area contributed by atoms with E-state index < -0.39 is 29.3 Å². The van der Waals surface area contributed by atoms with Crippen molar-refractivity contribution < 1.29 is 22.8 Å². The van der Waals surface area contributed by atoms with E-state index in [9.17, 15) is 22.8 Å². The first-order valence-corrected chi connectivity index (χ1v) is 10.0. The van der Waals surface area contributed by atoms with Crippen LogP contribution in [0.4, 0.5) is 18.9 Å². The number of piperazine rings is 1. The molecule has 168 valence electrons. The Morgan fingerprint density at radius 2 is 1.81 bits per heavy atom. The van der Waals surface area contributed by atoms with Gasteiger partial charge < -0.3 is 15.1 Å². The van der Waals surface area contributed by atoms with E-state index in [2.05, 4.69) is 5.32 Å². The molecule has 0 saturated carbocycles. The summed E-state index contributed by atoms with van der Waals surface area (Å²) in [5.74, 6) is -0.655. The SMILES string of the molecule is CNC(=O)C1CN(C(=O)c2ccc(C)c(C)c2)CCN1c1ccc(C#N)c(C(F)(F)F)c1. The maximum absolute atomic E-state index is 13.4. The van der Waals surface area contributed by atoms with Gasteiger partial charge in [0, 0.05) is 31.4 Å². The highest BCUT2D eigenvalue weighted by Crippen LogP contribution is 2.35. The van der Waals surface area contributed by atoms with Crippen LogP contribution in [0, 0.1) is 25.2 Å². The summed E-state index contributed by atoms with van der Waals surface area (Å²) in [4.78, 5) is 28.7. The van der Waals surface area contributed by atoms with Gasteiger partial charge in [0.25, 0.3) is 5.91 Å². The third-order valence-corrected chi connectivity index (χ3v) is 5.73. The molecule has 1 aliphatic rings. The van der Waals surface area contributed by atoms with Gasteiger partial charge in [-0.05, 0) is 55.3 Å². The van der Waals surface area contributed by atoms with Crippen LogP contribution in [0.25, 0.3) is 0 Å². The van der Waals surface area contributed by atoms with E-state index in [0.29, 0.717) is 5.56 Å². The monoisotopic (exact) mass is 444 g/mol. The molecule has 2 aromatic carbocycles. The van der Waals surface area contributed by atoms with Crippen molar-refractivity contribution in [2.45, 2.75) is 26.1 Å². The molecule has 0 aromatic heterocycles. The van der Waals surface area contributed by atoms with Crippen LogP contribution in [0.3, 0.4) is 0 Å². The Labute approximate surface area is 184 Å². The molecule has 0 spiro atoms. The number of carbonyl (C=O) groups excluding carboxylic acids is 2. The fraction of sp³-hybridized carbons (Fsp3) is 0.348. The lowest BCUT2D eigenvalue weighted by atomic mass is 10.0. The Hall–Kier alpha value is -3.54. The van der Waals surface area contributed by atoms with E-state index in [1.54, 1.807) is 23.1 Å². The number of benzene rings is 2. The van der Waals surface area contributed by atoms with Gasteiger partial charge in [-0.2, -0.15) is 18.4 Å². The van der Waals surface area contributed by atoms with Crippen molar-refractivity contribution in [3.8, 4) is 6.07 Å². The summed E-state index contributed by atoms with van der Waals surface area (Å²) >= 11 is 0. The fourth-order valence-corrected chi connectivity index (χ4v) is 3.77. The maximum atomic E-state index is 13.4. The Morgan fingerprint density at radius 1 is 1.09 bits per heavy atom. The van der Waals surface area contributed by atoms with Crippen LogP contribution >= 0.6 is 0 Å². The van der Waals surface area contributed by atoms with E-state index in [1.165, 1.54) is 18.0 Å². The average Bonchev–Trinajstić information content (AvgIpc) is 2.78. The van der Waals surface area contributed by atoms with Crippen LogP contribution in [-0.2, 0) is 11.0 Å². The van der Waals surface area contributed by atoms with E-state index in [4.69, 9.17) is 5.26 Å². The molecule has 0 radical (unpaired) electrons. The number of hydrogen-bond donors (Lipinski definition) is 1. The maximum Gasteiger partial charge on any atom is 0.417 e. The molecule has 9 heteroatoms. The standard InChI is InChI=1S/C23H23F3N4O2/c1-14-4-5-16(10-15(14)2)22(32)29-8-9-30(20(13-29)21(31)28-3)18-7-6-17(12-27)19(11-18)23(24,25)26/h4-7,10-11,20H,8-9,13H2,1-3H3,(H,28,31).